The van der Waals surface area contributed by atoms with Gasteiger partial charge in [0.2, 0.25) is 0 Å². The Bertz CT molecular complexity index is 263. The second kappa shape index (κ2) is 6.80. The largest absolute Gasteiger partial charge is 0.458 e. The van der Waals surface area contributed by atoms with Gasteiger partial charge in [-0.1, -0.05) is 6.58 Å². The lowest BCUT2D eigenvalue weighted by molar-refractivity contribution is -0.147. The quantitative estimate of drug-likeness (QED) is 0.529. The normalized spacial score (nSPS) is 15.2. The number of carbonyl (C=O) groups is 1. The van der Waals surface area contributed by atoms with Crippen LogP contribution in [0.25, 0.3) is 0 Å². The van der Waals surface area contributed by atoms with Crippen LogP contribution < -0.4 is 0 Å². The molecule has 0 aromatic carbocycles. The predicted molar refractivity (Wildman–Crippen MR) is 71.9 cm³/mol. The van der Waals surface area contributed by atoms with Crippen LogP contribution >= 0.6 is 0 Å². The van der Waals surface area contributed by atoms with Gasteiger partial charge in [-0.05, 0) is 48.5 Å². The molecule has 3 heteroatoms. The fraction of sp³-hybridized carbons (Fsp3) is 0.786. The van der Waals surface area contributed by atoms with Gasteiger partial charge >= 0.3 is 5.97 Å². The van der Waals surface area contributed by atoms with Crippen LogP contribution in [0, 0.1) is 0 Å². The van der Waals surface area contributed by atoms with Gasteiger partial charge in [0.25, 0.3) is 0 Å². The molecule has 0 rings (SSSR count). The van der Waals surface area contributed by atoms with E-state index in [1.54, 1.807) is 6.92 Å². The van der Waals surface area contributed by atoms with Crippen LogP contribution in [0.4, 0.5) is 0 Å². The van der Waals surface area contributed by atoms with Crippen molar-refractivity contribution in [1.82, 2.24) is 4.90 Å². The molecule has 100 valence electrons. The number of carbonyl (C=O) groups excluding carboxylic acids is 1. The minimum atomic E-state index is -0.309. The summed E-state index contributed by atoms with van der Waals surface area (Å²) in [5, 5.41) is 0. The summed E-state index contributed by atoms with van der Waals surface area (Å²) in [7, 11) is 0. The Morgan fingerprint density at radius 2 is 1.47 bits per heavy atom. The van der Waals surface area contributed by atoms with Gasteiger partial charge in [0, 0.05) is 23.7 Å². The minimum absolute atomic E-state index is 0.135. The van der Waals surface area contributed by atoms with Crippen molar-refractivity contribution in [2.45, 2.75) is 72.7 Å². The molecule has 0 heterocycles. The lowest BCUT2D eigenvalue weighted by Gasteiger charge is -2.38. The van der Waals surface area contributed by atoms with Crippen molar-refractivity contribution in [1.29, 1.82) is 0 Å². The molecular formula is C14H27NO2. The Balaban J connectivity index is 4.61. The Hall–Kier alpha value is -0.830. The van der Waals surface area contributed by atoms with Crippen molar-refractivity contribution in [2.75, 3.05) is 0 Å². The zero-order chi connectivity index (χ0) is 13.7. The van der Waals surface area contributed by atoms with E-state index in [-0.39, 0.29) is 18.1 Å². The molecule has 0 saturated carbocycles. The van der Waals surface area contributed by atoms with E-state index in [0.717, 1.165) is 0 Å². The smallest absolute Gasteiger partial charge is 0.333 e. The minimum Gasteiger partial charge on any atom is -0.458 e. The molecule has 0 aliphatic carbocycles. The van der Waals surface area contributed by atoms with E-state index in [0.29, 0.717) is 17.7 Å². The van der Waals surface area contributed by atoms with E-state index < -0.39 is 0 Å². The van der Waals surface area contributed by atoms with Crippen LogP contribution in [0.2, 0.25) is 0 Å². The van der Waals surface area contributed by atoms with Gasteiger partial charge in [0.15, 0.2) is 0 Å². The maximum Gasteiger partial charge on any atom is 0.333 e. The van der Waals surface area contributed by atoms with Crippen LogP contribution in [-0.4, -0.2) is 35.1 Å². The maximum absolute atomic E-state index is 11.5. The first-order chi connectivity index (χ1) is 7.68. The summed E-state index contributed by atoms with van der Waals surface area (Å²) in [5.74, 6) is -0.309. The van der Waals surface area contributed by atoms with Gasteiger partial charge in [-0.3, -0.25) is 4.90 Å². The summed E-state index contributed by atoms with van der Waals surface area (Å²) in [6, 6.07) is 1.05. The summed E-state index contributed by atoms with van der Waals surface area (Å²) in [6.45, 7) is 17.9. The van der Waals surface area contributed by atoms with Gasteiger partial charge < -0.3 is 4.74 Å². The SMILES string of the molecule is C=C(C)C(=O)OC(C)C(C)N(C(C)C)C(C)C. The van der Waals surface area contributed by atoms with Crippen molar-refractivity contribution in [2.24, 2.45) is 0 Å². The number of hydrogen-bond acceptors (Lipinski definition) is 3. The van der Waals surface area contributed by atoms with Gasteiger partial charge in [-0.25, -0.2) is 4.79 Å². The van der Waals surface area contributed by atoms with Crippen LogP contribution in [0.1, 0.15) is 48.5 Å². The number of esters is 1. The molecule has 2 atom stereocenters. The second-order valence-electron chi connectivity index (χ2n) is 5.27. The van der Waals surface area contributed by atoms with Crippen LogP contribution in [0.15, 0.2) is 12.2 Å². The second-order valence-corrected chi connectivity index (χ2v) is 5.27. The molecule has 0 aliphatic rings. The highest BCUT2D eigenvalue weighted by molar-refractivity contribution is 5.87. The molecule has 0 bridgehead atoms. The molecule has 0 spiro atoms. The average Bonchev–Trinajstić information content (AvgIpc) is 2.15. The van der Waals surface area contributed by atoms with Crippen LogP contribution in [0.5, 0.6) is 0 Å². The van der Waals surface area contributed by atoms with Crippen molar-refractivity contribution < 1.29 is 9.53 Å². The highest BCUT2D eigenvalue weighted by atomic mass is 16.5. The highest BCUT2D eigenvalue weighted by Crippen LogP contribution is 2.16. The standard InChI is InChI=1S/C14H27NO2/c1-9(2)14(16)17-13(8)12(7)15(10(3)4)11(5)6/h10-13H,1H2,2-8H3. The number of hydrogen-bond donors (Lipinski definition) is 0. The van der Waals surface area contributed by atoms with Crippen molar-refractivity contribution in [3.8, 4) is 0 Å². The number of ether oxygens (including phenoxy) is 1. The molecule has 0 amide bonds. The lowest BCUT2D eigenvalue weighted by Crippen LogP contribution is -2.49. The first kappa shape index (κ1) is 16.2. The van der Waals surface area contributed by atoms with Crippen molar-refractivity contribution >= 4 is 5.97 Å². The molecule has 0 radical (unpaired) electrons. The molecule has 0 aromatic heterocycles. The molecule has 3 nitrogen and oxygen atoms in total. The number of rotatable bonds is 6. The summed E-state index contributed by atoms with van der Waals surface area (Å²) >= 11 is 0. The monoisotopic (exact) mass is 241 g/mol. The first-order valence-corrected chi connectivity index (χ1v) is 6.32. The van der Waals surface area contributed by atoms with E-state index in [2.05, 4.69) is 46.1 Å². The van der Waals surface area contributed by atoms with E-state index in [1.165, 1.54) is 0 Å². The zero-order valence-electron chi connectivity index (χ0n) is 12.3. The third kappa shape index (κ3) is 4.90. The number of nitrogens with zero attached hydrogens (tertiary/aromatic N) is 1. The molecule has 2 unspecified atom stereocenters. The highest BCUT2D eigenvalue weighted by Gasteiger charge is 2.27. The van der Waals surface area contributed by atoms with E-state index in [9.17, 15) is 4.79 Å². The van der Waals surface area contributed by atoms with E-state index in [4.69, 9.17) is 4.74 Å². The molecule has 0 saturated heterocycles. The summed E-state index contributed by atoms with van der Waals surface area (Å²) in [4.78, 5) is 13.8. The Labute approximate surface area is 106 Å². The third-order valence-corrected chi connectivity index (χ3v) is 2.98. The van der Waals surface area contributed by atoms with Crippen LogP contribution in [-0.2, 0) is 9.53 Å². The summed E-state index contributed by atoms with van der Waals surface area (Å²) in [5.41, 5.74) is 0.449. The topological polar surface area (TPSA) is 29.5 Å². The summed E-state index contributed by atoms with van der Waals surface area (Å²) in [6.07, 6.45) is -0.135. The average molecular weight is 241 g/mol. The Morgan fingerprint density at radius 3 is 1.76 bits per heavy atom. The predicted octanol–water partition coefficient (Wildman–Crippen LogP) is 3.00. The lowest BCUT2D eigenvalue weighted by atomic mass is 10.1. The van der Waals surface area contributed by atoms with Gasteiger partial charge in [0.05, 0.1) is 0 Å². The maximum atomic E-state index is 11.5. The molecule has 0 N–H and O–H groups in total. The summed E-state index contributed by atoms with van der Waals surface area (Å²) < 4.78 is 5.37. The van der Waals surface area contributed by atoms with Crippen LogP contribution in [0.3, 0.4) is 0 Å². The van der Waals surface area contributed by atoms with Gasteiger partial charge in [-0.15, -0.1) is 0 Å². The molecule has 0 fully saturated rings. The molecule has 0 aliphatic heterocycles. The molecule has 17 heavy (non-hydrogen) atoms. The third-order valence-electron chi connectivity index (χ3n) is 2.98. The molecule has 0 aromatic rings. The van der Waals surface area contributed by atoms with E-state index >= 15 is 0 Å². The Morgan fingerprint density at radius 1 is 1.06 bits per heavy atom. The van der Waals surface area contributed by atoms with Crippen molar-refractivity contribution in [3.63, 3.8) is 0 Å². The fourth-order valence-corrected chi connectivity index (χ4v) is 2.15. The van der Waals surface area contributed by atoms with Gasteiger partial charge in [0.1, 0.15) is 6.10 Å². The van der Waals surface area contributed by atoms with Crippen molar-refractivity contribution in [3.05, 3.63) is 12.2 Å². The molecular weight excluding hydrogens is 214 g/mol. The fourth-order valence-electron chi connectivity index (χ4n) is 2.15. The zero-order valence-corrected chi connectivity index (χ0v) is 12.3. The Kier molecular flexibility index (Phi) is 6.46. The first-order valence-electron chi connectivity index (χ1n) is 6.32. The van der Waals surface area contributed by atoms with Gasteiger partial charge in [-0.2, -0.15) is 0 Å². The van der Waals surface area contributed by atoms with E-state index in [1.807, 2.05) is 6.92 Å².